The van der Waals surface area contributed by atoms with Gasteiger partial charge < -0.3 is 4.90 Å². The van der Waals surface area contributed by atoms with Crippen molar-refractivity contribution in [3.63, 3.8) is 0 Å². The third-order valence-electron chi connectivity index (χ3n) is 3.37. The van der Waals surface area contributed by atoms with Crippen LogP contribution in [0.4, 0.5) is 10.1 Å². The van der Waals surface area contributed by atoms with E-state index in [-0.39, 0.29) is 11.7 Å². The minimum atomic E-state index is -0.291. The van der Waals surface area contributed by atoms with Gasteiger partial charge in [0.05, 0.1) is 5.75 Å². The molecule has 0 saturated carbocycles. The Morgan fingerprint density at radius 3 is 2.32 bits per heavy atom. The summed E-state index contributed by atoms with van der Waals surface area (Å²) in [6, 6.07) is 14.4. The molecule has 22 heavy (non-hydrogen) atoms. The fourth-order valence-electron chi connectivity index (χ4n) is 2.14. The lowest BCUT2D eigenvalue weighted by Crippen LogP contribution is -2.32. The highest BCUT2D eigenvalue weighted by Gasteiger charge is 2.13. The van der Waals surface area contributed by atoms with Gasteiger partial charge in [0.2, 0.25) is 5.91 Å². The molecule has 0 N–H and O–H groups in total. The van der Waals surface area contributed by atoms with Gasteiger partial charge in [-0.3, -0.25) is 4.79 Å². The number of anilines is 1. The van der Waals surface area contributed by atoms with Gasteiger partial charge in [0.15, 0.2) is 0 Å². The van der Waals surface area contributed by atoms with Crippen LogP contribution < -0.4 is 4.90 Å². The fraction of sp³-hybridized carbons (Fsp3) is 0.278. The molecule has 0 spiro atoms. The predicted octanol–water partition coefficient (Wildman–Crippen LogP) is 4.42. The van der Waals surface area contributed by atoms with Crippen LogP contribution in [-0.2, 0) is 10.5 Å². The van der Waals surface area contributed by atoms with E-state index in [0.29, 0.717) is 12.3 Å². The Morgan fingerprint density at radius 2 is 1.73 bits per heavy atom. The highest BCUT2D eigenvalue weighted by atomic mass is 32.2. The first-order valence-electron chi connectivity index (χ1n) is 7.29. The van der Waals surface area contributed by atoms with E-state index in [1.165, 1.54) is 23.3 Å². The van der Waals surface area contributed by atoms with Crippen molar-refractivity contribution in [1.82, 2.24) is 0 Å². The molecular formula is C18H20FNOS. The van der Waals surface area contributed by atoms with E-state index in [9.17, 15) is 9.18 Å². The molecule has 0 bridgehead atoms. The van der Waals surface area contributed by atoms with Gasteiger partial charge in [-0.1, -0.05) is 29.8 Å². The van der Waals surface area contributed by atoms with Crippen molar-refractivity contribution in [1.29, 1.82) is 0 Å². The second-order valence-corrected chi connectivity index (χ2v) is 6.08. The van der Waals surface area contributed by atoms with Crippen molar-refractivity contribution in [3.05, 3.63) is 65.5 Å². The summed E-state index contributed by atoms with van der Waals surface area (Å²) in [5.74, 6) is 0.985. The van der Waals surface area contributed by atoms with Crippen molar-refractivity contribution in [2.75, 3.05) is 17.2 Å². The number of nitrogens with zero attached hydrogens (tertiary/aromatic N) is 1. The normalized spacial score (nSPS) is 10.5. The third-order valence-corrected chi connectivity index (χ3v) is 4.36. The van der Waals surface area contributed by atoms with Gasteiger partial charge in [0, 0.05) is 18.0 Å². The zero-order valence-corrected chi connectivity index (χ0v) is 13.7. The van der Waals surface area contributed by atoms with Crippen LogP contribution in [0, 0.1) is 12.7 Å². The highest BCUT2D eigenvalue weighted by molar-refractivity contribution is 7.99. The van der Waals surface area contributed by atoms with E-state index in [1.807, 2.05) is 6.92 Å². The lowest BCUT2D eigenvalue weighted by Gasteiger charge is -2.20. The first kappa shape index (κ1) is 16.6. The summed E-state index contributed by atoms with van der Waals surface area (Å²) < 4.78 is 13.0. The van der Waals surface area contributed by atoms with Crippen LogP contribution in [0.2, 0.25) is 0 Å². The van der Waals surface area contributed by atoms with Gasteiger partial charge in [-0.2, -0.15) is 0 Å². The molecule has 0 atom stereocenters. The predicted molar refractivity (Wildman–Crippen MR) is 91.8 cm³/mol. The zero-order chi connectivity index (χ0) is 15.9. The zero-order valence-electron chi connectivity index (χ0n) is 12.9. The van der Waals surface area contributed by atoms with Crippen LogP contribution in [-0.4, -0.2) is 18.2 Å². The average molecular weight is 317 g/mol. The summed E-state index contributed by atoms with van der Waals surface area (Å²) in [6.07, 6.45) is 0. The molecular weight excluding hydrogens is 297 g/mol. The molecule has 0 saturated heterocycles. The first-order chi connectivity index (χ1) is 10.6. The summed E-state index contributed by atoms with van der Waals surface area (Å²) in [5, 5.41) is 0. The lowest BCUT2D eigenvalue weighted by atomic mass is 10.2. The monoisotopic (exact) mass is 317 g/mol. The van der Waals surface area contributed by atoms with Crippen molar-refractivity contribution >= 4 is 23.4 Å². The van der Waals surface area contributed by atoms with Crippen molar-refractivity contribution in [2.24, 2.45) is 0 Å². The molecule has 0 aliphatic carbocycles. The SMILES string of the molecule is CCN(C(=O)CSCc1ccc(C)cc1)c1ccc(F)cc1. The minimum Gasteiger partial charge on any atom is -0.312 e. The number of aryl methyl sites for hydroxylation is 1. The molecule has 1 amide bonds. The Bertz CT molecular complexity index is 610. The highest BCUT2D eigenvalue weighted by Crippen LogP contribution is 2.18. The number of carbonyl (C=O) groups excluding carboxylic acids is 1. The number of benzene rings is 2. The van der Waals surface area contributed by atoms with Gasteiger partial charge in [0.25, 0.3) is 0 Å². The summed E-state index contributed by atoms with van der Waals surface area (Å²) in [4.78, 5) is 14.0. The minimum absolute atomic E-state index is 0.0474. The summed E-state index contributed by atoms with van der Waals surface area (Å²) in [7, 11) is 0. The molecule has 2 aromatic rings. The van der Waals surface area contributed by atoms with Crippen LogP contribution in [0.1, 0.15) is 18.1 Å². The number of amides is 1. The number of halogens is 1. The molecule has 0 unspecified atom stereocenters. The standard InChI is InChI=1S/C18H20FNOS/c1-3-20(17-10-8-16(19)9-11-17)18(21)13-22-12-15-6-4-14(2)5-7-15/h4-11H,3,12-13H2,1-2H3. The molecule has 2 rings (SSSR count). The van der Waals surface area contributed by atoms with Crippen LogP contribution in [0.5, 0.6) is 0 Å². The smallest absolute Gasteiger partial charge is 0.236 e. The van der Waals surface area contributed by atoms with Crippen LogP contribution >= 0.6 is 11.8 Å². The van der Waals surface area contributed by atoms with Gasteiger partial charge in [-0.05, 0) is 43.7 Å². The van der Waals surface area contributed by atoms with E-state index in [1.54, 1.807) is 28.8 Å². The van der Waals surface area contributed by atoms with Gasteiger partial charge in [-0.25, -0.2) is 4.39 Å². The van der Waals surface area contributed by atoms with Crippen molar-refractivity contribution in [3.8, 4) is 0 Å². The Kier molecular flexibility index (Phi) is 6.01. The quantitative estimate of drug-likeness (QED) is 0.786. The number of hydrogen-bond acceptors (Lipinski definition) is 2. The van der Waals surface area contributed by atoms with E-state index in [0.717, 1.165) is 11.4 Å². The maximum Gasteiger partial charge on any atom is 0.236 e. The van der Waals surface area contributed by atoms with Crippen LogP contribution in [0.3, 0.4) is 0 Å². The number of hydrogen-bond donors (Lipinski definition) is 0. The van der Waals surface area contributed by atoms with E-state index < -0.39 is 0 Å². The summed E-state index contributed by atoms with van der Waals surface area (Å²) in [6.45, 7) is 4.56. The fourth-order valence-corrected chi connectivity index (χ4v) is 3.00. The van der Waals surface area contributed by atoms with Crippen LogP contribution in [0.15, 0.2) is 48.5 Å². The average Bonchev–Trinajstić information content (AvgIpc) is 2.52. The second-order valence-electron chi connectivity index (χ2n) is 5.09. The van der Waals surface area contributed by atoms with Gasteiger partial charge in [-0.15, -0.1) is 11.8 Å². The molecule has 0 radical (unpaired) electrons. The first-order valence-corrected chi connectivity index (χ1v) is 8.45. The van der Waals surface area contributed by atoms with Crippen molar-refractivity contribution < 1.29 is 9.18 Å². The molecule has 0 aliphatic rings. The molecule has 2 nitrogen and oxygen atoms in total. The van der Waals surface area contributed by atoms with Gasteiger partial charge in [0.1, 0.15) is 5.82 Å². The molecule has 0 aliphatic heterocycles. The molecule has 4 heteroatoms. The van der Waals surface area contributed by atoms with Crippen molar-refractivity contribution in [2.45, 2.75) is 19.6 Å². The third kappa shape index (κ3) is 4.60. The summed E-state index contributed by atoms with van der Waals surface area (Å²) in [5.41, 5.74) is 3.19. The molecule has 116 valence electrons. The number of carbonyl (C=O) groups is 1. The van der Waals surface area contributed by atoms with E-state index in [2.05, 4.69) is 31.2 Å². The van der Waals surface area contributed by atoms with Crippen LogP contribution in [0.25, 0.3) is 0 Å². The Morgan fingerprint density at radius 1 is 1.09 bits per heavy atom. The van der Waals surface area contributed by atoms with E-state index in [4.69, 9.17) is 0 Å². The molecule has 0 heterocycles. The molecule has 0 fully saturated rings. The maximum atomic E-state index is 13.0. The largest absolute Gasteiger partial charge is 0.312 e. The number of thioether (sulfide) groups is 1. The Labute approximate surface area is 135 Å². The maximum absolute atomic E-state index is 13.0. The Balaban J connectivity index is 1.89. The molecule has 2 aromatic carbocycles. The van der Waals surface area contributed by atoms with Gasteiger partial charge >= 0.3 is 0 Å². The number of rotatable bonds is 6. The summed E-state index contributed by atoms with van der Waals surface area (Å²) >= 11 is 1.60. The second kappa shape index (κ2) is 7.99. The van der Waals surface area contributed by atoms with E-state index >= 15 is 0 Å². The Hall–Kier alpha value is -1.81. The topological polar surface area (TPSA) is 20.3 Å². The molecule has 0 aromatic heterocycles. The lowest BCUT2D eigenvalue weighted by molar-refractivity contribution is -0.116.